The number of benzene rings is 2. The monoisotopic (exact) mass is 497 g/mol. The normalized spacial score (nSPS) is 21.9. The fourth-order valence-corrected chi connectivity index (χ4v) is 5.45. The van der Waals surface area contributed by atoms with Crippen molar-refractivity contribution in [1.82, 2.24) is 4.90 Å². The fourth-order valence-electron chi connectivity index (χ4n) is 4.01. The van der Waals surface area contributed by atoms with Crippen LogP contribution in [-0.4, -0.2) is 59.2 Å². The highest BCUT2D eigenvalue weighted by atomic mass is 32.2. The molecule has 0 N–H and O–H groups in total. The molecule has 3 atom stereocenters. The molecule has 1 amide bonds. The Kier molecular flexibility index (Phi) is 6.75. The predicted octanol–water partition coefficient (Wildman–Crippen LogP) is 3.69. The highest BCUT2D eigenvalue weighted by molar-refractivity contribution is 8.00. The van der Waals surface area contributed by atoms with Crippen molar-refractivity contribution in [2.24, 2.45) is 5.41 Å². The van der Waals surface area contributed by atoms with Gasteiger partial charge in [0.15, 0.2) is 17.3 Å². The number of methoxy groups -OCH3 is 1. The molecule has 0 bridgehead atoms. The molecule has 2 aromatic carbocycles. The van der Waals surface area contributed by atoms with Gasteiger partial charge in [-0.2, -0.15) is 0 Å². The van der Waals surface area contributed by atoms with Crippen LogP contribution in [0.1, 0.15) is 38.1 Å². The zero-order valence-electron chi connectivity index (χ0n) is 20.2. The predicted molar refractivity (Wildman–Crippen MR) is 130 cm³/mol. The number of ether oxygens (including phenoxy) is 3. The van der Waals surface area contributed by atoms with Crippen LogP contribution in [-0.2, 0) is 28.6 Å². The molecule has 2 aromatic rings. The molecular formula is C26H27NO7S. The number of β-lactam (4-membered cyclic amide) rings is 1. The van der Waals surface area contributed by atoms with Crippen molar-refractivity contribution in [3.8, 4) is 0 Å². The zero-order chi connectivity index (χ0) is 25.5. The number of carbonyl (C=O) groups excluding carboxylic acids is 4. The highest BCUT2D eigenvalue weighted by Gasteiger charge is 2.57. The van der Waals surface area contributed by atoms with E-state index < -0.39 is 34.3 Å². The van der Waals surface area contributed by atoms with Gasteiger partial charge in [0.25, 0.3) is 5.91 Å². The van der Waals surface area contributed by atoms with Crippen LogP contribution < -0.4 is 0 Å². The molecule has 1 unspecified atom stereocenters. The van der Waals surface area contributed by atoms with Gasteiger partial charge in [-0.15, -0.1) is 0 Å². The lowest BCUT2D eigenvalue weighted by molar-refractivity contribution is -0.161. The summed E-state index contributed by atoms with van der Waals surface area (Å²) >= 11 is 1.17. The van der Waals surface area contributed by atoms with Gasteiger partial charge in [-0.3, -0.25) is 19.3 Å². The summed E-state index contributed by atoms with van der Waals surface area (Å²) in [6.45, 7) is 6.16. The zero-order valence-corrected chi connectivity index (χ0v) is 21.0. The SMILES string of the molecule is CO[C@H]1C(=O)N2C(C(=O)C(C)(C)C)=C(COC(C)=O)C(OC(=O)c3ccc4ccccc4c3)S[C@@H]12. The van der Waals surface area contributed by atoms with Gasteiger partial charge in [-0.1, -0.05) is 62.9 Å². The molecule has 35 heavy (non-hydrogen) atoms. The molecule has 1 fully saturated rings. The van der Waals surface area contributed by atoms with Crippen molar-refractivity contribution in [2.75, 3.05) is 13.7 Å². The van der Waals surface area contributed by atoms with Crippen LogP contribution in [0.15, 0.2) is 53.7 Å². The van der Waals surface area contributed by atoms with E-state index in [1.165, 1.54) is 30.7 Å². The molecule has 2 aliphatic rings. The van der Waals surface area contributed by atoms with E-state index in [4.69, 9.17) is 14.2 Å². The summed E-state index contributed by atoms with van der Waals surface area (Å²) in [4.78, 5) is 52.4. The van der Waals surface area contributed by atoms with Crippen LogP contribution in [0.5, 0.6) is 0 Å². The number of carbonyl (C=O) groups is 4. The number of allylic oxidation sites excluding steroid dienone is 1. The Hall–Kier alpha value is -3.17. The summed E-state index contributed by atoms with van der Waals surface area (Å²) in [5.74, 6) is -1.84. The molecule has 0 radical (unpaired) electrons. The van der Waals surface area contributed by atoms with E-state index >= 15 is 0 Å². The molecule has 0 spiro atoms. The van der Waals surface area contributed by atoms with E-state index in [1.807, 2.05) is 30.3 Å². The maximum Gasteiger partial charge on any atom is 0.339 e. The smallest absolute Gasteiger partial charge is 0.339 e. The first-order valence-electron chi connectivity index (χ1n) is 11.1. The average molecular weight is 498 g/mol. The maximum absolute atomic E-state index is 13.5. The molecule has 8 nitrogen and oxygen atoms in total. The number of Topliss-reactive ketones (excluding diaryl/α,β-unsaturated/α-hetero) is 1. The Morgan fingerprint density at radius 3 is 2.37 bits per heavy atom. The third kappa shape index (κ3) is 4.70. The number of fused-ring (bicyclic) bond motifs is 2. The number of rotatable bonds is 6. The van der Waals surface area contributed by atoms with E-state index in [1.54, 1.807) is 32.9 Å². The van der Waals surface area contributed by atoms with Crippen LogP contribution in [0, 0.1) is 5.41 Å². The second kappa shape index (κ2) is 9.47. The minimum atomic E-state index is -0.957. The van der Waals surface area contributed by atoms with E-state index in [2.05, 4.69) is 0 Å². The van der Waals surface area contributed by atoms with Crippen molar-refractivity contribution in [3.63, 3.8) is 0 Å². The topological polar surface area (TPSA) is 99.2 Å². The number of ketones is 1. The highest BCUT2D eigenvalue weighted by Crippen LogP contribution is 2.47. The average Bonchev–Trinajstić information content (AvgIpc) is 2.81. The maximum atomic E-state index is 13.5. The number of thioether (sulfide) groups is 1. The molecular weight excluding hydrogens is 470 g/mol. The Balaban J connectivity index is 1.74. The lowest BCUT2D eigenvalue weighted by Gasteiger charge is -2.51. The summed E-state index contributed by atoms with van der Waals surface area (Å²) < 4.78 is 16.4. The largest absolute Gasteiger partial charge is 0.461 e. The summed E-state index contributed by atoms with van der Waals surface area (Å²) in [6.07, 6.45) is -0.778. The first kappa shape index (κ1) is 24.9. The summed E-state index contributed by atoms with van der Waals surface area (Å²) in [5.41, 5.74) is -1.10. The van der Waals surface area contributed by atoms with E-state index in [0.717, 1.165) is 10.8 Å². The number of amides is 1. The van der Waals surface area contributed by atoms with Gasteiger partial charge >= 0.3 is 11.9 Å². The second-order valence-corrected chi connectivity index (χ2v) is 10.6. The summed E-state index contributed by atoms with van der Waals surface area (Å²) in [7, 11) is 1.42. The standard InChI is InChI=1S/C26H27NO7S/c1-14(28)33-13-18-19(21(29)26(2,3)4)27-22(30)20(32-5)23(27)35-25(18)34-24(31)17-11-10-15-8-6-7-9-16(15)12-17/h6-12,20,23,25H,13H2,1-5H3/t20-,23-,25?/m0/s1. The molecule has 9 heteroatoms. The molecule has 184 valence electrons. The molecule has 2 aliphatic heterocycles. The number of nitrogens with zero attached hydrogens (tertiary/aromatic N) is 1. The van der Waals surface area contributed by atoms with Crippen molar-refractivity contribution >= 4 is 46.2 Å². The van der Waals surface area contributed by atoms with Gasteiger partial charge in [0.2, 0.25) is 0 Å². The number of hydrogen-bond acceptors (Lipinski definition) is 8. The second-order valence-electron chi connectivity index (χ2n) is 9.42. The van der Waals surface area contributed by atoms with E-state index in [9.17, 15) is 19.2 Å². The molecule has 1 saturated heterocycles. The molecule has 2 heterocycles. The Labute approximate surface area is 207 Å². The van der Waals surface area contributed by atoms with Crippen LogP contribution in [0.4, 0.5) is 0 Å². The van der Waals surface area contributed by atoms with Crippen LogP contribution >= 0.6 is 11.8 Å². The first-order valence-corrected chi connectivity index (χ1v) is 12.1. The lowest BCUT2D eigenvalue weighted by Crippen LogP contribution is -2.67. The quantitative estimate of drug-likeness (QED) is 0.440. The van der Waals surface area contributed by atoms with Crippen LogP contribution in [0.3, 0.4) is 0 Å². The Morgan fingerprint density at radius 1 is 1.06 bits per heavy atom. The minimum Gasteiger partial charge on any atom is -0.461 e. The Morgan fingerprint density at radius 2 is 1.74 bits per heavy atom. The van der Waals surface area contributed by atoms with Gasteiger partial charge in [0.1, 0.15) is 12.0 Å². The minimum absolute atomic E-state index is 0.0945. The number of hydrogen-bond donors (Lipinski definition) is 0. The molecule has 0 aliphatic carbocycles. The van der Waals surface area contributed by atoms with Gasteiger partial charge in [-0.25, -0.2) is 4.79 Å². The lowest BCUT2D eigenvalue weighted by atomic mass is 9.85. The molecule has 4 rings (SSSR count). The number of esters is 2. The third-order valence-corrected chi connectivity index (χ3v) is 7.23. The van der Waals surface area contributed by atoms with E-state index in [0.29, 0.717) is 5.56 Å². The Bertz CT molecular complexity index is 1250. The fraction of sp³-hybridized carbons (Fsp3) is 0.385. The van der Waals surface area contributed by atoms with Crippen molar-refractivity contribution < 1.29 is 33.4 Å². The van der Waals surface area contributed by atoms with Crippen molar-refractivity contribution in [1.29, 1.82) is 0 Å². The van der Waals surface area contributed by atoms with Crippen LogP contribution in [0.25, 0.3) is 10.8 Å². The molecule has 0 saturated carbocycles. The van der Waals surface area contributed by atoms with Crippen LogP contribution in [0.2, 0.25) is 0 Å². The third-order valence-electron chi connectivity index (χ3n) is 5.87. The summed E-state index contributed by atoms with van der Waals surface area (Å²) in [6, 6.07) is 12.9. The summed E-state index contributed by atoms with van der Waals surface area (Å²) in [5, 5.41) is 1.31. The first-order chi connectivity index (χ1) is 16.5. The van der Waals surface area contributed by atoms with Crippen molar-refractivity contribution in [2.45, 2.75) is 44.6 Å². The van der Waals surface area contributed by atoms with Gasteiger partial charge < -0.3 is 14.2 Å². The van der Waals surface area contributed by atoms with Gasteiger partial charge in [0.05, 0.1) is 11.3 Å². The van der Waals surface area contributed by atoms with Gasteiger partial charge in [-0.05, 0) is 22.9 Å². The van der Waals surface area contributed by atoms with Crippen molar-refractivity contribution in [3.05, 3.63) is 59.3 Å². The molecule has 0 aromatic heterocycles. The van der Waals surface area contributed by atoms with E-state index in [-0.39, 0.29) is 29.6 Å². The van der Waals surface area contributed by atoms with Gasteiger partial charge in [0, 0.05) is 25.0 Å².